The quantitative estimate of drug-likeness (QED) is 0.400. The van der Waals surface area contributed by atoms with Crippen molar-refractivity contribution in [2.75, 3.05) is 0 Å². The average Bonchev–Trinajstić information content (AvgIpc) is 2.48. The molecule has 0 aliphatic heterocycles. The van der Waals surface area contributed by atoms with E-state index >= 15 is 0 Å². The highest BCUT2D eigenvalue weighted by atomic mass is 16.3. The number of hydrogen-bond donors (Lipinski definition) is 4. The SMILES string of the molecule is O.Oc1cc2n[nH]nc2c(O)c1O. The van der Waals surface area contributed by atoms with Gasteiger partial charge in [0.25, 0.3) is 0 Å². The van der Waals surface area contributed by atoms with E-state index in [0.29, 0.717) is 5.52 Å². The minimum Gasteiger partial charge on any atom is -0.504 e. The number of phenolic OH excluding ortho intramolecular Hbond substituents is 3. The summed E-state index contributed by atoms with van der Waals surface area (Å²) in [6.07, 6.45) is 0. The van der Waals surface area contributed by atoms with Crippen molar-refractivity contribution < 1.29 is 20.8 Å². The largest absolute Gasteiger partial charge is 0.504 e. The van der Waals surface area contributed by atoms with Gasteiger partial charge in [0, 0.05) is 6.07 Å². The van der Waals surface area contributed by atoms with E-state index in [1.165, 1.54) is 6.07 Å². The Labute approximate surface area is 71.6 Å². The molecule has 6 N–H and O–H groups in total. The first-order valence-corrected chi connectivity index (χ1v) is 3.14. The van der Waals surface area contributed by atoms with Crippen LogP contribution in [-0.4, -0.2) is 36.2 Å². The molecular weight excluding hydrogens is 178 g/mol. The van der Waals surface area contributed by atoms with Gasteiger partial charge >= 0.3 is 0 Å². The van der Waals surface area contributed by atoms with Gasteiger partial charge in [0.1, 0.15) is 5.52 Å². The smallest absolute Gasteiger partial charge is 0.202 e. The summed E-state index contributed by atoms with van der Waals surface area (Å²) in [5, 5.41) is 36.7. The van der Waals surface area contributed by atoms with Crippen LogP contribution in [0, 0.1) is 0 Å². The van der Waals surface area contributed by atoms with Gasteiger partial charge in [-0.3, -0.25) is 0 Å². The van der Waals surface area contributed by atoms with Gasteiger partial charge in [0.2, 0.25) is 5.75 Å². The third-order valence-electron chi connectivity index (χ3n) is 1.54. The van der Waals surface area contributed by atoms with Crippen LogP contribution < -0.4 is 0 Å². The van der Waals surface area contributed by atoms with Crippen LogP contribution in [0.5, 0.6) is 17.2 Å². The number of aromatic amines is 1. The van der Waals surface area contributed by atoms with Crippen LogP contribution in [0.15, 0.2) is 6.07 Å². The zero-order valence-corrected chi connectivity index (χ0v) is 6.31. The summed E-state index contributed by atoms with van der Waals surface area (Å²) in [5.74, 6) is -1.48. The fraction of sp³-hybridized carbons (Fsp3) is 0. The van der Waals surface area contributed by atoms with Gasteiger partial charge in [-0.1, -0.05) is 0 Å². The highest BCUT2D eigenvalue weighted by Crippen LogP contribution is 2.38. The molecule has 7 heteroatoms. The van der Waals surface area contributed by atoms with Crippen molar-refractivity contribution in [2.45, 2.75) is 0 Å². The lowest BCUT2D eigenvalue weighted by molar-refractivity contribution is 0.371. The predicted molar refractivity (Wildman–Crippen MR) is 42.5 cm³/mol. The summed E-state index contributed by atoms with van der Waals surface area (Å²) < 4.78 is 0. The van der Waals surface area contributed by atoms with Crippen molar-refractivity contribution in [3.05, 3.63) is 6.07 Å². The first-order valence-electron chi connectivity index (χ1n) is 3.14. The van der Waals surface area contributed by atoms with E-state index in [1.807, 2.05) is 0 Å². The van der Waals surface area contributed by atoms with E-state index in [4.69, 9.17) is 10.2 Å². The minimum absolute atomic E-state index is 0. The van der Waals surface area contributed by atoms with Crippen molar-refractivity contribution >= 4 is 11.0 Å². The molecule has 0 bridgehead atoms. The molecule has 1 aromatic carbocycles. The molecule has 2 aromatic rings. The Bertz CT molecular complexity index is 439. The van der Waals surface area contributed by atoms with Gasteiger partial charge in [0.15, 0.2) is 17.0 Å². The topological polar surface area (TPSA) is 134 Å². The number of benzene rings is 1. The molecule has 0 radical (unpaired) electrons. The third-order valence-corrected chi connectivity index (χ3v) is 1.54. The number of aromatic nitrogens is 3. The molecule has 0 fully saturated rings. The van der Waals surface area contributed by atoms with Gasteiger partial charge < -0.3 is 20.8 Å². The second-order valence-corrected chi connectivity index (χ2v) is 2.28. The maximum absolute atomic E-state index is 9.20. The lowest BCUT2D eigenvalue weighted by atomic mass is 10.2. The Morgan fingerprint density at radius 3 is 2.46 bits per heavy atom. The van der Waals surface area contributed by atoms with Crippen molar-refractivity contribution in [3.63, 3.8) is 0 Å². The van der Waals surface area contributed by atoms with Crippen LogP contribution in [-0.2, 0) is 0 Å². The normalized spacial score (nSPS) is 9.85. The predicted octanol–water partition coefficient (Wildman–Crippen LogP) is -0.750. The third kappa shape index (κ3) is 1.11. The van der Waals surface area contributed by atoms with Crippen LogP contribution in [0.2, 0.25) is 0 Å². The monoisotopic (exact) mass is 185 g/mol. The molecule has 0 amide bonds. The molecule has 0 aliphatic rings. The zero-order valence-electron chi connectivity index (χ0n) is 6.31. The molecular formula is C6H7N3O4. The van der Waals surface area contributed by atoms with E-state index < -0.39 is 17.2 Å². The fourth-order valence-corrected chi connectivity index (χ4v) is 0.945. The Morgan fingerprint density at radius 1 is 1.08 bits per heavy atom. The van der Waals surface area contributed by atoms with Gasteiger partial charge in [0.05, 0.1) is 0 Å². The maximum atomic E-state index is 9.20. The maximum Gasteiger partial charge on any atom is 0.202 e. The molecule has 13 heavy (non-hydrogen) atoms. The summed E-state index contributed by atoms with van der Waals surface area (Å²) in [6.45, 7) is 0. The molecule has 1 aromatic heterocycles. The molecule has 70 valence electrons. The molecule has 0 aliphatic carbocycles. The standard InChI is InChI=1S/C6H5N3O3.H2O/c10-3-1-2-4(8-9-7-2)6(12)5(3)11;/h1,10-12H,(H,7,8,9);1H2. The summed E-state index contributed by atoms with van der Waals surface area (Å²) in [4.78, 5) is 0. The van der Waals surface area contributed by atoms with Crippen LogP contribution in [0.4, 0.5) is 0 Å². The molecule has 0 spiro atoms. The van der Waals surface area contributed by atoms with Crippen LogP contribution in [0.3, 0.4) is 0 Å². The Balaban J connectivity index is 0.000000845. The molecule has 1 heterocycles. The summed E-state index contributed by atoms with van der Waals surface area (Å²) >= 11 is 0. The minimum atomic E-state index is -0.587. The van der Waals surface area contributed by atoms with Gasteiger partial charge in [-0.25, -0.2) is 0 Å². The summed E-state index contributed by atoms with van der Waals surface area (Å²) in [6, 6.07) is 1.20. The Kier molecular flexibility index (Phi) is 1.95. The van der Waals surface area contributed by atoms with Crippen LogP contribution in [0.25, 0.3) is 11.0 Å². The average molecular weight is 185 g/mol. The van der Waals surface area contributed by atoms with E-state index in [9.17, 15) is 5.11 Å². The first-order chi connectivity index (χ1) is 5.70. The summed E-state index contributed by atoms with van der Waals surface area (Å²) in [5.41, 5.74) is 0.424. The molecule has 0 unspecified atom stereocenters. The van der Waals surface area contributed by atoms with E-state index in [-0.39, 0.29) is 11.0 Å². The number of hydrogen-bond acceptors (Lipinski definition) is 5. The number of H-pyrrole nitrogens is 1. The highest BCUT2D eigenvalue weighted by molar-refractivity contribution is 5.85. The lowest BCUT2D eigenvalue weighted by Crippen LogP contribution is -1.74. The fourth-order valence-electron chi connectivity index (χ4n) is 0.945. The number of nitrogens with one attached hydrogen (secondary N) is 1. The number of phenols is 3. The van der Waals surface area contributed by atoms with Crippen molar-refractivity contribution in [2.24, 2.45) is 0 Å². The number of fused-ring (bicyclic) bond motifs is 1. The van der Waals surface area contributed by atoms with Crippen LogP contribution >= 0.6 is 0 Å². The first kappa shape index (κ1) is 9.07. The second-order valence-electron chi connectivity index (χ2n) is 2.28. The number of nitrogens with zero attached hydrogens (tertiary/aromatic N) is 2. The van der Waals surface area contributed by atoms with Crippen molar-refractivity contribution in [1.29, 1.82) is 0 Å². The number of rotatable bonds is 0. The molecule has 0 atom stereocenters. The van der Waals surface area contributed by atoms with Crippen LogP contribution in [0.1, 0.15) is 0 Å². The Morgan fingerprint density at radius 2 is 1.77 bits per heavy atom. The lowest BCUT2D eigenvalue weighted by Gasteiger charge is -1.98. The summed E-state index contributed by atoms with van der Waals surface area (Å²) in [7, 11) is 0. The highest BCUT2D eigenvalue weighted by Gasteiger charge is 2.13. The number of aromatic hydroxyl groups is 3. The Hall–Kier alpha value is -2.02. The van der Waals surface area contributed by atoms with Gasteiger partial charge in [-0.15, -0.1) is 0 Å². The molecule has 0 saturated heterocycles. The van der Waals surface area contributed by atoms with Crippen molar-refractivity contribution in [1.82, 2.24) is 15.4 Å². The van der Waals surface area contributed by atoms with E-state index in [1.54, 1.807) is 0 Å². The van der Waals surface area contributed by atoms with Gasteiger partial charge in [-0.2, -0.15) is 15.4 Å². The van der Waals surface area contributed by atoms with Gasteiger partial charge in [-0.05, 0) is 0 Å². The molecule has 2 rings (SSSR count). The van der Waals surface area contributed by atoms with E-state index in [0.717, 1.165) is 0 Å². The zero-order chi connectivity index (χ0) is 8.72. The van der Waals surface area contributed by atoms with E-state index in [2.05, 4.69) is 15.4 Å². The van der Waals surface area contributed by atoms with Crippen molar-refractivity contribution in [3.8, 4) is 17.2 Å². The second kappa shape index (κ2) is 2.79. The molecule has 7 nitrogen and oxygen atoms in total. The molecule has 0 saturated carbocycles.